The van der Waals surface area contributed by atoms with Crippen LogP contribution >= 0.6 is 12.2 Å². The number of rotatable bonds is 1. The quantitative estimate of drug-likeness (QED) is 0.708. The molecular weight excluding hydrogens is 192 g/mol. The molecule has 3 heteroatoms. The van der Waals surface area contributed by atoms with E-state index in [0.717, 1.165) is 15.9 Å². The molecule has 1 aromatic heterocycles. The van der Waals surface area contributed by atoms with Crippen molar-refractivity contribution in [2.45, 2.75) is 13.8 Å². The van der Waals surface area contributed by atoms with Crippen molar-refractivity contribution in [2.75, 3.05) is 0 Å². The van der Waals surface area contributed by atoms with Gasteiger partial charge in [0.25, 0.3) is 0 Å². The number of H-pyrrole nitrogens is 1. The highest BCUT2D eigenvalue weighted by Gasteiger charge is 1.97. The van der Waals surface area contributed by atoms with Crippen LogP contribution in [0.3, 0.4) is 0 Å². The van der Waals surface area contributed by atoms with Crippen LogP contribution in [0.2, 0.25) is 0 Å². The lowest BCUT2D eigenvalue weighted by Gasteiger charge is -2.01. The number of nitrogens with zero attached hydrogens (tertiary/aromatic N) is 1. The summed E-state index contributed by atoms with van der Waals surface area (Å²) in [6, 6.07) is 8.31. The third-order valence-electron chi connectivity index (χ3n) is 2.22. The van der Waals surface area contributed by atoms with Crippen molar-refractivity contribution in [1.82, 2.24) is 9.78 Å². The van der Waals surface area contributed by atoms with E-state index in [9.17, 15) is 0 Å². The Kier molecular flexibility index (Phi) is 2.25. The molecule has 2 rings (SSSR count). The summed E-state index contributed by atoms with van der Waals surface area (Å²) >= 11 is 5.12. The molecule has 0 fully saturated rings. The van der Waals surface area contributed by atoms with Crippen LogP contribution in [-0.4, -0.2) is 9.78 Å². The molecule has 0 amide bonds. The molecule has 0 radical (unpaired) electrons. The Morgan fingerprint density at radius 1 is 1.14 bits per heavy atom. The molecule has 1 aromatic carbocycles. The molecule has 0 bridgehead atoms. The third kappa shape index (κ3) is 1.63. The minimum Gasteiger partial charge on any atom is -0.284 e. The Morgan fingerprint density at radius 3 is 2.29 bits per heavy atom. The first kappa shape index (κ1) is 9.21. The summed E-state index contributed by atoms with van der Waals surface area (Å²) in [6.45, 7) is 4.08. The maximum atomic E-state index is 5.12. The van der Waals surface area contributed by atoms with Gasteiger partial charge in [0.2, 0.25) is 0 Å². The zero-order chi connectivity index (χ0) is 10.1. The predicted octanol–water partition coefficient (Wildman–Crippen LogP) is 3.15. The molecule has 72 valence electrons. The zero-order valence-corrected chi connectivity index (χ0v) is 9.06. The first-order chi connectivity index (χ1) is 6.66. The van der Waals surface area contributed by atoms with E-state index in [1.54, 1.807) is 0 Å². The molecule has 0 spiro atoms. The maximum Gasteiger partial charge on any atom is 0.122 e. The first-order valence-corrected chi connectivity index (χ1v) is 4.93. The van der Waals surface area contributed by atoms with Gasteiger partial charge in [0, 0.05) is 11.8 Å². The highest BCUT2D eigenvalue weighted by molar-refractivity contribution is 7.71. The van der Waals surface area contributed by atoms with E-state index in [1.165, 1.54) is 5.56 Å². The van der Waals surface area contributed by atoms with Gasteiger partial charge in [-0.2, -0.15) is 0 Å². The summed E-state index contributed by atoms with van der Waals surface area (Å²) in [5, 5.41) is 3.11. The summed E-state index contributed by atoms with van der Waals surface area (Å²) in [5.41, 5.74) is 3.46. The predicted molar refractivity (Wildman–Crippen MR) is 60.4 cm³/mol. The Balaban J connectivity index is 2.49. The van der Waals surface area contributed by atoms with Gasteiger partial charge in [0.15, 0.2) is 0 Å². The SMILES string of the molecule is Cc1ccc(-n2cc(C)c(=S)[nH]2)cc1. The van der Waals surface area contributed by atoms with Gasteiger partial charge in [0.05, 0.1) is 5.69 Å². The number of hydrogen-bond acceptors (Lipinski definition) is 1. The Labute approximate surface area is 88.2 Å². The van der Waals surface area contributed by atoms with Gasteiger partial charge in [-0.1, -0.05) is 29.9 Å². The molecule has 0 aliphatic rings. The van der Waals surface area contributed by atoms with Gasteiger partial charge >= 0.3 is 0 Å². The molecule has 0 saturated heterocycles. The average molecular weight is 204 g/mol. The summed E-state index contributed by atoms with van der Waals surface area (Å²) in [6.07, 6.45) is 2.01. The van der Waals surface area contributed by atoms with Crippen LogP contribution in [0.5, 0.6) is 0 Å². The largest absolute Gasteiger partial charge is 0.284 e. The van der Waals surface area contributed by atoms with Gasteiger partial charge in [-0.05, 0) is 26.0 Å². The second-order valence-corrected chi connectivity index (χ2v) is 3.87. The normalized spacial score (nSPS) is 10.4. The summed E-state index contributed by atoms with van der Waals surface area (Å²) in [7, 11) is 0. The van der Waals surface area contributed by atoms with Crippen LogP contribution < -0.4 is 0 Å². The monoisotopic (exact) mass is 204 g/mol. The van der Waals surface area contributed by atoms with Gasteiger partial charge < -0.3 is 0 Å². The molecule has 1 N–H and O–H groups in total. The number of aromatic nitrogens is 2. The van der Waals surface area contributed by atoms with E-state index in [2.05, 4.69) is 36.3 Å². The van der Waals surface area contributed by atoms with Gasteiger partial charge in [-0.15, -0.1) is 0 Å². The molecule has 14 heavy (non-hydrogen) atoms. The van der Waals surface area contributed by atoms with Crippen LogP contribution in [-0.2, 0) is 0 Å². The highest BCUT2D eigenvalue weighted by Crippen LogP contribution is 2.09. The first-order valence-electron chi connectivity index (χ1n) is 4.52. The second kappa shape index (κ2) is 3.42. The van der Waals surface area contributed by atoms with E-state index in [4.69, 9.17) is 12.2 Å². The van der Waals surface area contributed by atoms with Gasteiger partial charge in [0.1, 0.15) is 4.64 Å². The van der Waals surface area contributed by atoms with Crippen LogP contribution in [0.1, 0.15) is 11.1 Å². The topological polar surface area (TPSA) is 20.7 Å². The molecule has 0 saturated carbocycles. The van der Waals surface area contributed by atoms with Crippen molar-refractivity contribution >= 4 is 12.2 Å². The minimum atomic E-state index is 0.797. The van der Waals surface area contributed by atoms with Crippen LogP contribution in [0, 0.1) is 18.5 Å². The number of nitrogens with one attached hydrogen (secondary N) is 1. The van der Waals surface area contributed by atoms with Crippen molar-refractivity contribution in [2.24, 2.45) is 0 Å². The van der Waals surface area contributed by atoms with Crippen LogP contribution in [0.15, 0.2) is 30.5 Å². The van der Waals surface area contributed by atoms with Crippen molar-refractivity contribution < 1.29 is 0 Å². The van der Waals surface area contributed by atoms with Crippen LogP contribution in [0.25, 0.3) is 5.69 Å². The van der Waals surface area contributed by atoms with Crippen molar-refractivity contribution in [3.63, 3.8) is 0 Å². The lowest BCUT2D eigenvalue weighted by Crippen LogP contribution is -1.93. The molecular formula is C11H12N2S. The van der Waals surface area contributed by atoms with Crippen molar-refractivity contribution in [3.05, 3.63) is 46.2 Å². The standard InChI is InChI=1S/C11H12N2S/c1-8-3-5-10(6-4-8)13-7-9(2)11(14)12-13/h3-7H,1-2H3,(H,12,14). The fourth-order valence-electron chi connectivity index (χ4n) is 1.33. The van der Waals surface area contributed by atoms with Crippen molar-refractivity contribution in [3.8, 4) is 5.69 Å². The summed E-state index contributed by atoms with van der Waals surface area (Å²) < 4.78 is 2.74. The molecule has 2 nitrogen and oxygen atoms in total. The number of benzene rings is 1. The fraction of sp³-hybridized carbons (Fsp3) is 0.182. The minimum absolute atomic E-state index is 0.797. The third-order valence-corrected chi connectivity index (χ3v) is 2.63. The Morgan fingerprint density at radius 2 is 1.79 bits per heavy atom. The molecule has 0 aliphatic heterocycles. The smallest absolute Gasteiger partial charge is 0.122 e. The molecule has 0 unspecified atom stereocenters. The summed E-state index contributed by atoms with van der Waals surface area (Å²) in [4.78, 5) is 0. The van der Waals surface area contributed by atoms with Crippen molar-refractivity contribution in [1.29, 1.82) is 0 Å². The van der Waals surface area contributed by atoms with E-state index < -0.39 is 0 Å². The number of hydrogen-bond donors (Lipinski definition) is 1. The Hall–Kier alpha value is -1.35. The maximum absolute atomic E-state index is 5.12. The molecule has 0 aliphatic carbocycles. The van der Waals surface area contributed by atoms with Crippen LogP contribution in [0.4, 0.5) is 0 Å². The summed E-state index contributed by atoms with van der Waals surface area (Å²) in [5.74, 6) is 0. The molecule has 1 heterocycles. The Bertz CT molecular complexity index is 491. The van der Waals surface area contributed by atoms with E-state index in [1.807, 2.05) is 17.8 Å². The lowest BCUT2D eigenvalue weighted by atomic mass is 10.2. The van der Waals surface area contributed by atoms with E-state index in [0.29, 0.717) is 0 Å². The number of aromatic amines is 1. The number of aryl methyl sites for hydroxylation is 2. The highest BCUT2D eigenvalue weighted by atomic mass is 32.1. The lowest BCUT2D eigenvalue weighted by molar-refractivity contribution is 0.874. The molecule has 2 aromatic rings. The van der Waals surface area contributed by atoms with Gasteiger partial charge in [-0.3, -0.25) is 9.78 Å². The van der Waals surface area contributed by atoms with Gasteiger partial charge in [-0.25, -0.2) is 0 Å². The van der Waals surface area contributed by atoms with E-state index >= 15 is 0 Å². The molecule has 0 atom stereocenters. The zero-order valence-electron chi connectivity index (χ0n) is 8.24. The fourth-order valence-corrected chi connectivity index (χ4v) is 1.48. The average Bonchev–Trinajstić information content (AvgIpc) is 2.48. The van der Waals surface area contributed by atoms with E-state index in [-0.39, 0.29) is 0 Å². The second-order valence-electron chi connectivity index (χ2n) is 3.46.